The second-order valence-electron chi connectivity index (χ2n) is 10.2. The molecule has 6 nitrogen and oxygen atoms in total. The zero-order chi connectivity index (χ0) is 24.8. The first kappa shape index (κ1) is 23.8. The number of carboxylic acids is 1. The number of carboxylic acid groups (broad SMARTS) is 1. The molecule has 2 aromatic carbocycles. The predicted molar refractivity (Wildman–Crippen MR) is 141 cm³/mol. The van der Waals surface area contributed by atoms with Crippen LogP contribution in [0.4, 0.5) is 5.69 Å². The van der Waals surface area contributed by atoms with E-state index in [0.717, 1.165) is 54.6 Å². The van der Waals surface area contributed by atoms with Crippen LogP contribution in [0.1, 0.15) is 49.4 Å². The Balaban J connectivity index is 1.13. The summed E-state index contributed by atoms with van der Waals surface area (Å²) in [5.41, 5.74) is 5.13. The van der Waals surface area contributed by atoms with E-state index in [9.17, 15) is 4.79 Å². The molecule has 8 heteroatoms. The van der Waals surface area contributed by atoms with E-state index in [1.807, 2.05) is 24.4 Å². The summed E-state index contributed by atoms with van der Waals surface area (Å²) in [5.74, 6) is -0.268. The molecule has 3 fully saturated rings. The quantitative estimate of drug-likeness (QED) is 0.350. The molecule has 0 radical (unpaired) electrons. The Bertz CT molecular complexity index is 1250. The molecule has 1 aromatic heterocycles. The van der Waals surface area contributed by atoms with Crippen LogP contribution < -0.4 is 4.90 Å². The van der Waals surface area contributed by atoms with E-state index >= 15 is 0 Å². The number of halogens is 2. The zero-order valence-corrected chi connectivity index (χ0v) is 21.5. The molecule has 0 unspecified atom stereocenters. The van der Waals surface area contributed by atoms with E-state index < -0.39 is 5.97 Å². The molecule has 1 N–H and O–H groups in total. The van der Waals surface area contributed by atoms with Crippen molar-refractivity contribution in [2.24, 2.45) is 5.92 Å². The van der Waals surface area contributed by atoms with Gasteiger partial charge in [-0.3, -0.25) is 9.48 Å². The summed E-state index contributed by atoms with van der Waals surface area (Å²) >= 11 is 13.1. The molecule has 2 saturated carbocycles. The van der Waals surface area contributed by atoms with Gasteiger partial charge >= 0.3 is 5.97 Å². The van der Waals surface area contributed by atoms with Gasteiger partial charge in [-0.2, -0.15) is 5.10 Å². The maximum absolute atomic E-state index is 10.8. The Labute approximate surface area is 220 Å². The number of ether oxygens (including phenoxy) is 1. The Kier molecular flexibility index (Phi) is 6.44. The number of aliphatic carboxylic acids is 1. The normalized spacial score (nSPS) is 22.9. The summed E-state index contributed by atoms with van der Waals surface area (Å²) in [4.78, 5) is 13.3. The summed E-state index contributed by atoms with van der Waals surface area (Å²) < 4.78 is 8.68. The van der Waals surface area contributed by atoms with Crippen molar-refractivity contribution in [1.82, 2.24) is 9.78 Å². The average molecular weight is 526 g/mol. The van der Waals surface area contributed by atoms with Crippen molar-refractivity contribution >= 4 is 34.9 Å². The molecule has 0 amide bonds. The molecule has 2 aliphatic carbocycles. The van der Waals surface area contributed by atoms with Crippen molar-refractivity contribution in [3.05, 3.63) is 70.0 Å². The summed E-state index contributed by atoms with van der Waals surface area (Å²) in [5, 5.41) is 14.9. The third-order valence-corrected chi connectivity index (χ3v) is 8.46. The molecular weight excluding hydrogens is 497 g/mol. The molecule has 0 spiro atoms. The number of rotatable bonds is 9. The molecule has 6 rings (SSSR count). The van der Waals surface area contributed by atoms with Crippen molar-refractivity contribution in [2.75, 3.05) is 11.4 Å². The molecule has 1 aliphatic heterocycles. The van der Waals surface area contributed by atoms with Crippen LogP contribution in [0.3, 0.4) is 0 Å². The highest BCUT2D eigenvalue weighted by atomic mass is 35.5. The largest absolute Gasteiger partial charge is 0.481 e. The zero-order valence-electron chi connectivity index (χ0n) is 19.9. The van der Waals surface area contributed by atoms with E-state index in [4.69, 9.17) is 38.1 Å². The first-order chi connectivity index (χ1) is 17.5. The SMILES string of the molecule is O=C(O)CCc1ccc(N2C[C@@H]3C[C@H]2C[C@H]3OCc2c(-c3c(Cl)cccc3Cl)cnn2C2CC2)cc1. The van der Waals surface area contributed by atoms with Gasteiger partial charge in [-0.05, 0) is 61.9 Å². The molecule has 1 saturated heterocycles. The third-order valence-electron chi connectivity index (χ3n) is 7.83. The fraction of sp³-hybridized carbons (Fsp3) is 0.429. The van der Waals surface area contributed by atoms with Crippen molar-refractivity contribution in [3.8, 4) is 11.1 Å². The lowest BCUT2D eigenvalue weighted by Crippen LogP contribution is -2.38. The minimum atomic E-state index is -0.760. The van der Waals surface area contributed by atoms with E-state index in [1.54, 1.807) is 0 Å². The molecule has 2 heterocycles. The summed E-state index contributed by atoms with van der Waals surface area (Å²) in [6.07, 6.45) is 7.26. The number of nitrogens with zero attached hydrogens (tertiary/aromatic N) is 3. The van der Waals surface area contributed by atoms with Gasteiger partial charge in [-0.15, -0.1) is 0 Å². The average Bonchev–Trinajstić information content (AvgIpc) is 3.32. The van der Waals surface area contributed by atoms with Crippen LogP contribution in [0.2, 0.25) is 10.0 Å². The second-order valence-corrected chi connectivity index (χ2v) is 11.0. The first-order valence-corrected chi connectivity index (χ1v) is 13.4. The lowest BCUT2D eigenvalue weighted by atomic mass is 10.0. The maximum atomic E-state index is 10.8. The maximum Gasteiger partial charge on any atom is 0.303 e. The Morgan fingerprint density at radius 3 is 2.44 bits per heavy atom. The lowest BCUT2D eigenvalue weighted by Gasteiger charge is -2.33. The third kappa shape index (κ3) is 4.62. The van der Waals surface area contributed by atoms with Gasteiger partial charge in [0.1, 0.15) is 0 Å². The van der Waals surface area contributed by atoms with Gasteiger partial charge in [0.25, 0.3) is 0 Å². The molecule has 188 valence electrons. The van der Waals surface area contributed by atoms with E-state index in [0.29, 0.717) is 41.1 Å². The minimum absolute atomic E-state index is 0.164. The highest BCUT2D eigenvalue weighted by molar-refractivity contribution is 6.39. The van der Waals surface area contributed by atoms with Crippen LogP contribution in [-0.4, -0.2) is 39.5 Å². The van der Waals surface area contributed by atoms with Crippen molar-refractivity contribution in [1.29, 1.82) is 0 Å². The van der Waals surface area contributed by atoms with Crippen molar-refractivity contribution in [3.63, 3.8) is 0 Å². The molecule has 2 bridgehead atoms. The van der Waals surface area contributed by atoms with Gasteiger partial charge in [-0.25, -0.2) is 0 Å². The molecule has 3 aliphatic rings. The van der Waals surface area contributed by atoms with Gasteiger partial charge in [-0.1, -0.05) is 41.4 Å². The van der Waals surface area contributed by atoms with Crippen LogP contribution >= 0.6 is 23.2 Å². The fourth-order valence-corrected chi connectivity index (χ4v) is 6.45. The molecule has 3 aromatic rings. The summed E-state index contributed by atoms with van der Waals surface area (Å²) in [7, 11) is 0. The molecule has 3 atom stereocenters. The monoisotopic (exact) mass is 525 g/mol. The van der Waals surface area contributed by atoms with Crippen molar-refractivity contribution < 1.29 is 14.6 Å². The highest BCUT2D eigenvalue weighted by Gasteiger charge is 2.45. The van der Waals surface area contributed by atoms with Gasteiger partial charge < -0.3 is 14.7 Å². The highest BCUT2D eigenvalue weighted by Crippen LogP contribution is 2.44. The first-order valence-electron chi connectivity index (χ1n) is 12.7. The number of piperidine rings is 1. The van der Waals surface area contributed by atoms with Gasteiger partial charge in [0.2, 0.25) is 0 Å². The number of carbonyl (C=O) groups is 1. The number of anilines is 1. The molecular formula is C28H29Cl2N3O3. The van der Waals surface area contributed by atoms with Crippen LogP contribution in [0.15, 0.2) is 48.7 Å². The number of benzene rings is 2. The van der Waals surface area contributed by atoms with E-state index in [1.165, 1.54) is 5.69 Å². The standard InChI is InChI=1S/C28H29Cl2N3O3/c29-23-2-1-3-24(30)28(23)22-14-31-33(20-9-10-20)25(22)16-36-26-13-21-12-18(26)15-32(21)19-7-4-17(5-8-19)6-11-27(34)35/h1-5,7-8,14,18,20-21,26H,6,9-13,15-16H2,(H,34,35)/t18-,21-,26+/m0/s1. The predicted octanol–water partition coefficient (Wildman–Crippen LogP) is 6.39. The van der Waals surface area contributed by atoms with Crippen LogP contribution in [0.25, 0.3) is 11.1 Å². The van der Waals surface area contributed by atoms with Crippen LogP contribution in [-0.2, 0) is 22.6 Å². The van der Waals surface area contributed by atoms with E-state index in [2.05, 4.69) is 33.8 Å². The second kappa shape index (κ2) is 9.73. The number of hydrogen-bond donors (Lipinski definition) is 1. The number of aryl methyl sites for hydroxylation is 1. The Morgan fingerprint density at radius 2 is 1.81 bits per heavy atom. The van der Waals surface area contributed by atoms with E-state index in [-0.39, 0.29) is 12.5 Å². The topological polar surface area (TPSA) is 67.6 Å². The summed E-state index contributed by atoms with van der Waals surface area (Å²) in [6, 6.07) is 14.9. The molecule has 36 heavy (non-hydrogen) atoms. The lowest BCUT2D eigenvalue weighted by molar-refractivity contribution is -0.136. The van der Waals surface area contributed by atoms with Gasteiger partial charge in [0.05, 0.1) is 40.7 Å². The smallest absolute Gasteiger partial charge is 0.303 e. The van der Waals surface area contributed by atoms with Crippen molar-refractivity contribution in [2.45, 2.75) is 63.3 Å². The van der Waals surface area contributed by atoms with Crippen LogP contribution in [0.5, 0.6) is 0 Å². The number of fused-ring (bicyclic) bond motifs is 2. The van der Waals surface area contributed by atoms with Gasteiger partial charge in [0.15, 0.2) is 0 Å². The Hall–Kier alpha value is -2.54. The number of hydrogen-bond acceptors (Lipinski definition) is 4. The van der Waals surface area contributed by atoms with Crippen LogP contribution in [0, 0.1) is 5.92 Å². The Morgan fingerprint density at radius 1 is 1.06 bits per heavy atom. The van der Waals surface area contributed by atoms with Gasteiger partial charge in [0, 0.05) is 41.7 Å². The minimum Gasteiger partial charge on any atom is -0.481 e. The number of aromatic nitrogens is 2. The summed E-state index contributed by atoms with van der Waals surface area (Å²) in [6.45, 7) is 1.48. The fourth-order valence-electron chi connectivity index (χ4n) is 5.85.